The van der Waals surface area contributed by atoms with Crippen molar-refractivity contribution >= 4 is 17.5 Å². The number of benzene rings is 2. The number of carbonyl (C=O) groups excluding carboxylic acids is 2. The number of anilines is 1. The number of ether oxygens (including phenoxy) is 2. The second-order valence-corrected chi connectivity index (χ2v) is 7.19. The van der Waals surface area contributed by atoms with Gasteiger partial charge in [0, 0.05) is 18.3 Å². The quantitative estimate of drug-likeness (QED) is 0.754. The second kappa shape index (κ2) is 8.03. The van der Waals surface area contributed by atoms with Crippen LogP contribution in [0.4, 0.5) is 5.69 Å². The van der Waals surface area contributed by atoms with Gasteiger partial charge in [0.25, 0.3) is 11.8 Å². The Morgan fingerprint density at radius 2 is 2.00 bits per heavy atom. The Hall–Kier alpha value is -3.22. The Kier molecular flexibility index (Phi) is 5.29. The molecule has 1 aliphatic carbocycles. The van der Waals surface area contributed by atoms with Gasteiger partial charge in [-0.25, -0.2) is 0 Å². The molecule has 1 fully saturated rings. The van der Waals surface area contributed by atoms with Gasteiger partial charge >= 0.3 is 0 Å². The lowest BCUT2D eigenvalue weighted by atomic mass is 10.0. The van der Waals surface area contributed by atoms with Crippen molar-refractivity contribution in [2.75, 3.05) is 25.6 Å². The molecule has 0 saturated heterocycles. The summed E-state index contributed by atoms with van der Waals surface area (Å²) in [7, 11) is 1.56. The fourth-order valence-corrected chi connectivity index (χ4v) is 3.61. The van der Waals surface area contributed by atoms with Crippen molar-refractivity contribution in [1.29, 1.82) is 0 Å². The van der Waals surface area contributed by atoms with Crippen LogP contribution < -0.4 is 20.1 Å². The molecule has 2 aliphatic rings. The molecule has 0 bridgehead atoms. The van der Waals surface area contributed by atoms with Gasteiger partial charge in [0.05, 0.1) is 12.7 Å². The van der Waals surface area contributed by atoms with Gasteiger partial charge in [0.2, 0.25) is 0 Å². The molecule has 0 unspecified atom stereocenters. The SMILES string of the molecule is CCNC(=O)COc1ccc([C@H]2Nc3ccccc3C(=O)N2C2CC2)cc1OC. The molecule has 1 aliphatic heterocycles. The molecule has 1 atom stereocenters. The summed E-state index contributed by atoms with van der Waals surface area (Å²) >= 11 is 0. The predicted octanol–water partition coefficient (Wildman–Crippen LogP) is 2.94. The number of methoxy groups -OCH3 is 1. The van der Waals surface area contributed by atoms with Gasteiger partial charge in [0.15, 0.2) is 18.1 Å². The van der Waals surface area contributed by atoms with E-state index in [-0.39, 0.29) is 30.6 Å². The molecule has 0 spiro atoms. The minimum absolute atomic E-state index is 0.0439. The van der Waals surface area contributed by atoms with Crippen LogP contribution in [0, 0.1) is 0 Å². The number of hydrogen-bond donors (Lipinski definition) is 2. The summed E-state index contributed by atoms with van der Waals surface area (Å²) in [5.74, 6) is 0.871. The summed E-state index contributed by atoms with van der Waals surface area (Å²) in [5, 5.41) is 6.19. The van der Waals surface area contributed by atoms with Crippen LogP contribution in [0.5, 0.6) is 11.5 Å². The molecule has 4 rings (SSSR count). The number of amides is 2. The van der Waals surface area contributed by atoms with Gasteiger partial charge in [-0.1, -0.05) is 18.2 Å². The molecule has 1 saturated carbocycles. The third kappa shape index (κ3) is 3.85. The Bertz CT molecular complexity index is 926. The third-order valence-electron chi connectivity index (χ3n) is 5.14. The summed E-state index contributed by atoms with van der Waals surface area (Å²) in [4.78, 5) is 26.7. The maximum Gasteiger partial charge on any atom is 0.258 e. The molecule has 29 heavy (non-hydrogen) atoms. The van der Waals surface area contributed by atoms with Gasteiger partial charge in [-0.2, -0.15) is 0 Å². The van der Waals surface area contributed by atoms with E-state index in [0.29, 0.717) is 23.6 Å². The van der Waals surface area contributed by atoms with E-state index in [4.69, 9.17) is 9.47 Å². The van der Waals surface area contributed by atoms with Crippen LogP contribution in [0.15, 0.2) is 42.5 Å². The highest BCUT2D eigenvalue weighted by Gasteiger charge is 2.42. The first-order chi connectivity index (χ1) is 14.1. The summed E-state index contributed by atoms with van der Waals surface area (Å²) in [6, 6.07) is 13.4. The fraction of sp³-hybridized carbons (Fsp3) is 0.364. The highest BCUT2D eigenvalue weighted by atomic mass is 16.5. The molecule has 2 aromatic rings. The van der Waals surface area contributed by atoms with Crippen LogP contribution in [-0.2, 0) is 4.79 Å². The lowest BCUT2D eigenvalue weighted by Gasteiger charge is -2.38. The Labute approximate surface area is 170 Å². The van der Waals surface area contributed by atoms with E-state index in [2.05, 4.69) is 10.6 Å². The molecule has 2 aromatic carbocycles. The van der Waals surface area contributed by atoms with E-state index < -0.39 is 0 Å². The predicted molar refractivity (Wildman–Crippen MR) is 109 cm³/mol. The average molecular weight is 395 g/mol. The summed E-state index contributed by atoms with van der Waals surface area (Å²) in [5.41, 5.74) is 2.43. The topological polar surface area (TPSA) is 79.9 Å². The summed E-state index contributed by atoms with van der Waals surface area (Å²) in [6.45, 7) is 2.33. The summed E-state index contributed by atoms with van der Waals surface area (Å²) in [6.07, 6.45) is 1.74. The molecule has 152 valence electrons. The number of nitrogens with zero attached hydrogens (tertiary/aromatic N) is 1. The van der Waals surface area contributed by atoms with Gasteiger partial charge in [-0.05, 0) is 49.6 Å². The minimum Gasteiger partial charge on any atom is -0.493 e. The minimum atomic E-state index is -0.281. The van der Waals surface area contributed by atoms with E-state index in [1.807, 2.05) is 48.2 Å². The molecule has 7 heteroatoms. The van der Waals surface area contributed by atoms with Crippen LogP contribution in [-0.4, -0.2) is 43.0 Å². The lowest BCUT2D eigenvalue weighted by molar-refractivity contribution is -0.123. The van der Waals surface area contributed by atoms with Crippen molar-refractivity contribution in [3.8, 4) is 11.5 Å². The van der Waals surface area contributed by atoms with E-state index >= 15 is 0 Å². The molecule has 0 aromatic heterocycles. The smallest absolute Gasteiger partial charge is 0.258 e. The van der Waals surface area contributed by atoms with Crippen LogP contribution in [0.25, 0.3) is 0 Å². The first-order valence-corrected chi connectivity index (χ1v) is 9.88. The van der Waals surface area contributed by atoms with E-state index in [1.54, 1.807) is 13.2 Å². The molecule has 2 N–H and O–H groups in total. The van der Waals surface area contributed by atoms with Gasteiger partial charge in [-0.3, -0.25) is 9.59 Å². The van der Waals surface area contributed by atoms with Crippen molar-refractivity contribution in [3.63, 3.8) is 0 Å². The van der Waals surface area contributed by atoms with Crippen LogP contribution >= 0.6 is 0 Å². The number of para-hydroxylation sites is 1. The average Bonchev–Trinajstić information content (AvgIpc) is 3.57. The van der Waals surface area contributed by atoms with Crippen molar-refractivity contribution in [3.05, 3.63) is 53.6 Å². The highest BCUT2D eigenvalue weighted by Crippen LogP contribution is 2.42. The molecular formula is C22H25N3O4. The maximum absolute atomic E-state index is 13.1. The van der Waals surface area contributed by atoms with Crippen molar-refractivity contribution in [2.45, 2.75) is 32.0 Å². The second-order valence-electron chi connectivity index (χ2n) is 7.19. The Balaban J connectivity index is 1.61. The van der Waals surface area contributed by atoms with Crippen molar-refractivity contribution in [2.24, 2.45) is 0 Å². The Morgan fingerprint density at radius 1 is 1.21 bits per heavy atom. The monoisotopic (exact) mass is 395 g/mol. The van der Waals surface area contributed by atoms with Gasteiger partial charge in [0.1, 0.15) is 6.17 Å². The lowest BCUT2D eigenvalue weighted by Crippen LogP contribution is -2.44. The molecule has 0 radical (unpaired) electrons. The molecule has 7 nitrogen and oxygen atoms in total. The fourth-order valence-electron chi connectivity index (χ4n) is 3.61. The van der Waals surface area contributed by atoms with Crippen LogP contribution in [0.2, 0.25) is 0 Å². The van der Waals surface area contributed by atoms with E-state index in [1.165, 1.54) is 0 Å². The summed E-state index contributed by atoms with van der Waals surface area (Å²) < 4.78 is 11.1. The largest absolute Gasteiger partial charge is 0.493 e. The number of likely N-dealkylation sites (N-methyl/N-ethyl adjacent to an activating group) is 1. The number of nitrogens with one attached hydrogen (secondary N) is 2. The standard InChI is InChI=1S/C22H25N3O4/c1-3-23-20(26)13-29-18-11-8-14(12-19(18)28-2)21-24-17-7-5-4-6-16(17)22(27)25(21)15-9-10-15/h4-8,11-12,15,21,24H,3,9-10,13H2,1-2H3,(H,23,26)/t21-/m0/s1. The number of carbonyl (C=O) groups is 2. The maximum atomic E-state index is 13.1. The third-order valence-corrected chi connectivity index (χ3v) is 5.14. The first kappa shape index (κ1) is 19.1. The molecule has 2 amide bonds. The van der Waals surface area contributed by atoms with Gasteiger partial charge < -0.3 is 25.0 Å². The van der Waals surface area contributed by atoms with Crippen molar-refractivity contribution < 1.29 is 19.1 Å². The van der Waals surface area contributed by atoms with E-state index in [0.717, 1.165) is 24.1 Å². The van der Waals surface area contributed by atoms with Crippen LogP contribution in [0.1, 0.15) is 41.9 Å². The zero-order valence-electron chi connectivity index (χ0n) is 16.6. The van der Waals surface area contributed by atoms with E-state index in [9.17, 15) is 9.59 Å². The number of fused-ring (bicyclic) bond motifs is 1. The number of rotatable bonds is 7. The number of hydrogen-bond acceptors (Lipinski definition) is 5. The molecule has 1 heterocycles. The zero-order chi connectivity index (χ0) is 20.4. The zero-order valence-corrected chi connectivity index (χ0v) is 16.6. The Morgan fingerprint density at radius 3 is 2.72 bits per heavy atom. The normalized spacial score (nSPS) is 17.9. The first-order valence-electron chi connectivity index (χ1n) is 9.88. The molecular weight excluding hydrogens is 370 g/mol. The van der Waals surface area contributed by atoms with Crippen LogP contribution in [0.3, 0.4) is 0 Å². The highest BCUT2D eigenvalue weighted by molar-refractivity contribution is 6.02. The van der Waals surface area contributed by atoms with Crippen molar-refractivity contribution in [1.82, 2.24) is 10.2 Å². The van der Waals surface area contributed by atoms with Gasteiger partial charge in [-0.15, -0.1) is 0 Å².